The van der Waals surface area contributed by atoms with E-state index < -0.39 is 0 Å². The second-order valence-corrected chi connectivity index (χ2v) is 10.1. The molecule has 0 bridgehead atoms. The molecule has 0 amide bonds. The lowest BCUT2D eigenvalue weighted by Crippen LogP contribution is -2.63. The van der Waals surface area contributed by atoms with E-state index in [1.54, 1.807) is 10.6 Å². The van der Waals surface area contributed by atoms with Gasteiger partial charge in [-0.3, -0.25) is 9.80 Å². The smallest absolute Gasteiger partial charge is 0.256 e. The molecule has 3 aromatic rings. The third-order valence-corrected chi connectivity index (χ3v) is 7.38. The minimum Gasteiger partial charge on any atom is -0.363 e. The number of hydrogen-bond donors (Lipinski definition) is 1. The number of halogens is 2. The summed E-state index contributed by atoms with van der Waals surface area (Å²) in [5, 5.41) is 9.14. The minimum absolute atomic E-state index is 0.0428. The van der Waals surface area contributed by atoms with Crippen molar-refractivity contribution >= 4 is 40.6 Å². The van der Waals surface area contributed by atoms with E-state index >= 15 is 0 Å². The fourth-order valence-corrected chi connectivity index (χ4v) is 5.28. The van der Waals surface area contributed by atoms with Gasteiger partial charge in [-0.25, -0.2) is 0 Å². The van der Waals surface area contributed by atoms with Crippen molar-refractivity contribution in [3.63, 3.8) is 0 Å². The Labute approximate surface area is 204 Å². The maximum atomic E-state index is 6.43. The van der Waals surface area contributed by atoms with Gasteiger partial charge >= 0.3 is 0 Å². The number of nitrogens with zero attached hydrogens (tertiary/aromatic N) is 7. The molecule has 2 aliphatic heterocycles. The lowest BCUT2D eigenvalue weighted by molar-refractivity contribution is 0.0676. The van der Waals surface area contributed by atoms with Gasteiger partial charge in [-0.05, 0) is 38.5 Å². The van der Waals surface area contributed by atoms with Crippen molar-refractivity contribution < 1.29 is 0 Å². The Kier molecular flexibility index (Phi) is 6.35. The van der Waals surface area contributed by atoms with Crippen molar-refractivity contribution in [2.24, 2.45) is 0 Å². The topological polar surface area (TPSA) is 64.8 Å². The zero-order valence-electron chi connectivity index (χ0n) is 19.2. The molecule has 0 aliphatic carbocycles. The lowest BCUT2D eigenvalue weighted by atomic mass is 10.1. The molecule has 2 saturated heterocycles. The molecule has 10 heteroatoms. The van der Waals surface area contributed by atoms with E-state index in [2.05, 4.69) is 56.9 Å². The molecule has 1 atom stereocenters. The van der Waals surface area contributed by atoms with Crippen molar-refractivity contribution in [2.45, 2.75) is 38.9 Å². The highest BCUT2D eigenvalue weighted by Crippen LogP contribution is 2.30. The zero-order valence-corrected chi connectivity index (χ0v) is 20.8. The first-order valence-electron chi connectivity index (χ1n) is 11.5. The van der Waals surface area contributed by atoms with Crippen molar-refractivity contribution in [1.82, 2.24) is 29.4 Å². The van der Waals surface area contributed by atoms with Gasteiger partial charge in [-0.1, -0.05) is 29.3 Å². The summed E-state index contributed by atoms with van der Waals surface area (Å²) >= 11 is 12.5. The Morgan fingerprint density at radius 3 is 2.48 bits per heavy atom. The first kappa shape index (κ1) is 22.7. The van der Waals surface area contributed by atoms with Gasteiger partial charge in [0.1, 0.15) is 18.0 Å². The summed E-state index contributed by atoms with van der Waals surface area (Å²) in [7, 11) is 0. The van der Waals surface area contributed by atoms with E-state index in [0.717, 1.165) is 56.5 Å². The van der Waals surface area contributed by atoms with Gasteiger partial charge < -0.3 is 10.2 Å². The average Bonchev–Trinajstić information content (AvgIpc) is 3.22. The Morgan fingerprint density at radius 1 is 1.03 bits per heavy atom. The van der Waals surface area contributed by atoms with Crippen LogP contribution in [-0.4, -0.2) is 80.7 Å². The van der Waals surface area contributed by atoms with E-state index in [9.17, 15) is 0 Å². The fraction of sp³-hybridized carbons (Fsp3) is 0.522. The first-order chi connectivity index (χ1) is 15.9. The van der Waals surface area contributed by atoms with Gasteiger partial charge in [0.25, 0.3) is 5.78 Å². The number of anilines is 2. The highest BCUT2D eigenvalue weighted by molar-refractivity contribution is 6.35. The predicted molar refractivity (Wildman–Crippen MR) is 134 cm³/mol. The quantitative estimate of drug-likeness (QED) is 0.565. The van der Waals surface area contributed by atoms with Gasteiger partial charge in [0.05, 0.1) is 6.04 Å². The van der Waals surface area contributed by atoms with Crippen LogP contribution in [0.5, 0.6) is 0 Å². The third kappa shape index (κ3) is 4.62. The normalized spacial score (nSPS) is 19.3. The maximum absolute atomic E-state index is 6.43. The maximum Gasteiger partial charge on any atom is 0.256 e. The molecule has 2 fully saturated rings. The molecule has 0 spiro atoms. The van der Waals surface area contributed by atoms with E-state index in [0.29, 0.717) is 27.9 Å². The van der Waals surface area contributed by atoms with Crippen LogP contribution in [-0.2, 0) is 0 Å². The number of nitrogens with one attached hydrogen (secondary N) is 1. The molecule has 2 aromatic heterocycles. The van der Waals surface area contributed by atoms with Crippen LogP contribution in [0.3, 0.4) is 0 Å². The van der Waals surface area contributed by atoms with Crippen LogP contribution in [0.2, 0.25) is 10.0 Å². The van der Waals surface area contributed by atoms with Crippen LogP contribution in [0.25, 0.3) is 5.78 Å². The van der Waals surface area contributed by atoms with Crippen LogP contribution >= 0.6 is 23.2 Å². The van der Waals surface area contributed by atoms with Crippen molar-refractivity contribution in [2.75, 3.05) is 49.5 Å². The van der Waals surface area contributed by atoms with Crippen LogP contribution in [0.4, 0.5) is 11.6 Å². The monoisotopic (exact) mass is 488 g/mol. The van der Waals surface area contributed by atoms with E-state index in [1.807, 2.05) is 12.1 Å². The highest BCUT2D eigenvalue weighted by atomic mass is 35.5. The second kappa shape index (κ2) is 9.25. The standard InChI is InChI=1S/C23H30Cl2N8/c1-15(2)30-6-8-31(9-7-30)18-12-32(13-18)21-11-22(33-23(29-21)26-14-27-33)28-16(3)19-5-4-17(24)10-20(19)25/h4-5,10-11,14-16,18,28H,6-9,12-13H2,1-3H3/t16-/m1/s1. The number of rotatable bonds is 6. The van der Waals surface area contributed by atoms with Crippen molar-refractivity contribution in [1.29, 1.82) is 0 Å². The summed E-state index contributed by atoms with van der Waals surface area (Å²) in [4.78, 5) is 16.6. The Morgan fingerprint density at radius 2 is 1.79 bits per heavy atom. The predicted octanol–water partition coefficient (Wildman–Crippen LogP) is 3.82. The zero-order chi connectivity index (χ0) is 23.1. The Bertz CT molecular complexity index is 1120. The molecule has 5 rings (SSSR count). The van der Waals surface area contributed by atoms with Crippen LogP contribution in [0, 0.1) is 0 Å². The van der Waals surface area contributed by atoms with E-state index in [4.69, 9.17) is 28.2 Å². The third-order valence-electron chi connectivity index (χ3n) is 6.81. The number of hydrogen-bond acceptors (Lipinski definition) is 7. The van der Waals surface area contributed by atoms with Crippen LogP contribution in [0.1, 0.15) is 32.4 Å². The molecule has 8 nitrogen and oxygen atoms in total. The first-order valence-corrected chi connectivity index (χ1v) is 12.3. The van der Waals surface area contributed by atoms with Gasteiger partial charge in [0.15, 0.2) is 0 Å². The van der Waals surface area contributed by atoms with Crippen LogP contribution < -0.4 is 10.2 Å². The molecule has 176 valence electrons. The second-order valence-electron chi connectivity index (χ2n) is 9.23. The molecule has 1 aromatic carbocycles. The summed E-state index contributed by atoms with van der Waals surface area (Å²) < 4.78 is 1.73. The number of aromatic nitrogens is 4. The minimum atomic E-state index is -0.0428. The molecular formula is C23H30Cl2N8. The summed E-state index contributed by atoms with van der Waals surface area (Å²) in [6.45, 7) is 13.2. The number of piperazine rings is 1. The molecule has 0 radical (unpaired) electrons. The van der Waals surface area contributed by atoms with Gasteiger partial charge in [0.2, 0.25) is 0 Å². The van der Waals surface area contributed by atoms with Crippen LogP contribution in [0.15, 0.2) is 30.6 Å². The Hall–Kier alpha value is -2.13. The van der Waals surface area contributed by atoms with Gasteiger partial charge in [0, 0.05) is 67.5 Å². The molecule has 4 heterocycles. The lowest BCUT2D eigenvalue weighted by Gasteiger charge is -2.49. The van der Waals surface area contributed by atoms with Gasteiger partial charge in [-0.15, -0.1) is 0 Å². The summed E-state index contributed by atoms with van der Waals surface area (Å²) in [6, 6.07) is 8.78. The summed E-state index contributed by atoms with van der Waals surface area (Å²) in [5.41, 5.74) is 0.970. The fourth-order valence-electron chi connectivity index (χ4n) is 4.71. The molecule has 0 saturated carbocycles. The summed E-state index contributed by atoms with van der Waals surface area (Å²) in [5.74, 6) is 2.34. The SMILES string of the molecule is CC(C)N1CCN(C2CN(c3cc(N[C@H](C)c4ccc(Cl)cc4Cl)n4ncnc4n3)C2)CC1. The van der Waals surface area contributed by atoms with Crippen molar-refractivity contribution in [3.8, 4) is 0 Å². The number of benzene rings is 1. The largest absolute Gasteiger partial charge is 0.363 e. The van der Waals surface area contributed by atoms with E-state index in [-0.39, 0.29) is 6.04 Å². The highest BCUT2D eigenvalue weighted by Gasteiger charge is 2.35. The number of fused-ring (bicyclic) bond motifs is 1. The average molecular weight is 489 g/mol. The Balaban J connectivity index is 1.29. The molecule has 2 aliphatic rings. The molecule has 0 unspecified atom stereocenters. The summed E-state index contributed by atoms with van der Waals surface area (Å²) in [6.07, 6.45) is 1.53. The van der Waals surface area contributed by atoms with Crippen molar-refractivity contribution in [3.05, 3.63) is 46.2 Å². The molecule has 1 N–H and O–H groups in total. The van der Waals surface area contributed by atoms with E-state index in [1.165, 1.54) is 6.33 Å². The molecular weight excluding hydrogens is 459 g/mol. The van der Waals surface area contributed by atoms with Gasteiger partial charge in [-0.2, -0.15) is 19.6 Å². The molecule has 33 heavy (non-hydrogen) atoms.